The molecule has 2 rings (SSSR count). The van der Waals surface area contributed by atoms with Gasteiger partial charge < -0.3 is 25.0 Å². The predicted octanol–water partition coefficient (Wildman–Crippen LogP) is 3.11. The number of nitrogens with one attached hydrogen (secondary N) is 2. The van der Waals surface area contributed by atoms with Gasteiger partial charge >= 0.3 is 0 Å². The van der Waals surface area contributed by atoms with Gasteiger partial charge in [-0.25, -0.2) is 0 Å². The van der Waals surface area contributed by atoms with Crippen LogP contribution < -0.4 is 10.6 Å². The highest BCUT2D eigenvalue weighted by Gasteiger charge is 2.25. The Bertz CT molecular complexity index is 411. The van der Waals surface area contributed by atoms with Crippen LogP contribution in [0.2, 0.25) is 0 Å². The average Bonchev–Trinajstić information content (AvgIpc) is 2.70. The van der Waals surface area contributed by atoms with Crippen LogP contribution in [0.5, 0.6) is 0 Å². The number of nitrogens with zero attached hydrogens (tertiary/aromatic N) is 2. The summed E-state index contributed by atoms with van der Waals surface area (Å²) in [7, 11) is 6.25. The van der Waals surface area contributed by atoms with E-state index in [1.165, 1.54) is 32.1 Å². The van der Waals surface area contributed by atoms with E-state index in [1.54, 1.807) is 0 Å². The van der Waals surface area contributed by atoms with Crippen LogP contribution >= 0.6 is 24.0 Å². The van der Waals surface area contributed by atoms with Crippen molar-refractivity contribution in [3.05, 3.63) is 0 Å². The zero-order valence-electron chi connectivity index (χ0n) is 18.3. The smallest absolute Gasteiger partial charge is 0.191 e. The SMILES string of the molecule is CN=C(NCCCOCC1CCOCC1)NCC(C1CCCCC1)N(C)C.I. The molecule has 6 nitrogen and oxygen atoms in total. The predicted molar refractivity (Wildman–Crippen MR) is 128 cm³/mol. The molecule has 28 heavy (non-hydrogen) atoms. The van der Waals surface area contributed by atoms with E-state index >= 15 is 0 Å². The minimum absolute atomic E-state index is 0. The lowest BCUT2D eigenvalue weighted by Gasteiger charge is -2.35. The Morgan fingerprint density at radius 1 is 1.11 bits per heavy atom. The summed E-state index contributed by atoms with van der Waals surface area (Å²) < 4.78 is 11.2. The van der Waals surface area contributed by atoms with Crippen LogP contribution in [0.25, 0.3) is 0 Å². The third-order valence-electron chi connectivity index (χ3n) is 6.01. The number of rotatable bonds is 10. The molecule has 2 aliphatic rings. The Morgan fingerprint density at radius 2 is 1.82 bits per heavy atom. The van der Waals surface area contributed by atoms with Gasteiger partial charge in [0, 0.05) is 52.6 Å². The van der Waals surface area contributed by atoms with Crippen molar-refractivity contribution in [1.82, 2.24) is 15.5 Å². The van der Waals surface area contributed by atoms with Gasteiger partial charge in [-0.15, -0.1) is 24.0 Å². The highest BCUT2D eigenvalue weighted by molar-refractivity contribution is 14.0. The van der Waals surface area contributed by atoms with Gasteiger partial charge in [0.25, 0.3) is 0 Å². The summed E-state index contributed by atoms with van der Waals surface area (Å²) in [4.78, 5) is 6.75. The van der Waals surface area contributed by atoms with Gasteiger partial charge in [-0.2, -0.15) is 0 Å². The van der Waals surface area contributed by atoms with Crippen molar-refractivity contribution in [2.75, 3.05) is 60.7 Å². The summed E-state index contributed by atoms with van der Waals surface area (Å²) in [5, 5.41) is 6.96. The van der Waals surface area contributed by atoms with Crippen LogP contribution in [0.15, 0.2) is 4.99 Å². The van der Waals surface area contributed by atoms with Crippen molar-refractivity contribution in [2.24, 2.45) is 16.8 Å². The normalized spacial score (nSPS) is 20.6. The number of hydrogen-bond donors (Lipinski definition) is 2. The van der Waals surface area contributed by atoms with E-state index in [0.29, 0.717) is 12.0 Å². The Hall–Kier alpha value is -0.120. The molecule has 0 amide bonds. The Kier molecular flexibility index (Phi) is 14.5. The van der Waals surface area contributed by atoms with Crippen LogP contribution in [-0.2, 0) is 9.47 Å². The fraction of sp³-hybridized carbons (Fsp3) is 0.952. The van der Waals surface area contributed by atoms with Crippen molar-refractivity contribution < 1.29 is 9.47 Å². The van der Waals surface area contributed by atoms with E-state index in [1.807, 2.05) is 7.05 Å². The Labute approximate surface area is 189 Å². The average molecular weight is 511 g/mol. The second-order valence-electron chi connectivity index (χ2n) is 8.29. The van der Waals surface area contributed by atoms with Crippen molar-refractivity contribution in [1.29, 1.82) is 0 Å². The van der Waals surface area contributed by atoms with Gasteiger partial charge in [-0.1, -0.05) is 19.3 Å². The maximum absolute atomic E-state index is 5.84. The second-order valence-corrected chi connectivity index (χ2v) is 8.29. The highest BCUT2D eigenvalue weighted by Crippen LogP contribution is 2.28. The zero-order valence-corrected chi connectivity index (χ0v) is 20.6. The van der Waals surface area contributed by atoms with Crippen molar-refractivity contribution in [2.45, 2.75) is 57.4 Å². The molecule has 0 aromatic heterocycles. The van der Waals surface area contributed by atoms with Gasteiger partial charge in [0.1, 0.15) is 0 Å². The summed E-state index contributed by atoms with van der Waals surface area (Å²) in [5.41, 5.74) is 0. The number of halogens is 1. The molecule has 0 aromatic carbocycles. The molecule has 1 saturated heterocycles. The third-order valence-corrected chi connectivity index (χ3v) is 6.01. The van der Waals surface area contributed by atoms with Crippen LogP contribution in [0.1, 0.15) is 51.4 Å². The van der Waals surface area contributed by atoms with Crippen LogP contribution in [0, 0.1) is 11.8 Å². The lowest BCUT2D eigenvalue weighted by atomic mass is 9.83. The molecule has 7 heteroatoms. The standard InChI is InChI=1S/C21H42N4O2.HI/c1-22-21(23-12-7-13-27-17-18-10-14-26-15-11-18)24-16-20(25(2)3)19-8-5-4-6-9-19;/h18-20H,4-17H2,1-3H3,(H2,22,23,24);1H. The van der Waals surface area contributed by atoms with E-state index in [-0.39, 0.29) is 24.0 Å². The molecule has 0 spiro atoms. The topological polar surface area (TPSA) is 58.1 Å². The van der Waals surface area contributed by atoms with E-state index in [4.69, 9.17) is 9.47 Å². The zero-order chi connectivity index (χ0) is 19.3. The fourth-order valence-corrected chi connectivity index (χ4v) is 4.26. The van der Waals surface area contributed by atoms with Gasteiger partial charge in [0.05, 0.1) is 0 Å². The van der Waals surface area contributed by atoms with Crippen LogP contribution in [0.4, 0.5) is 0 Å². The Morgan fingerprint density at radius 3 is 2.46 bits per heavy atom. The first-order chi connectivity index (χ1) is 13.2. The maximum Gasteiger partial charge on any atom is 0.191 e. The van der Waals surface area contributed by atoms with Crippen molar-refractivity contribution in [3.8, 4) is 0 Å². The summed E-state index contributed by atoms with van der Waals surface area (Å²) in [6, 6.07) is 0.576. The monoisotopic (exact) mass is 510 g/mol. The third kappa shape index (κ3) is 10.1. The first-order valence-corrected chi connectivity index (χ1v) is 11.0. The number of hydrogen-bond acceptors (Lipinski definition) is 4. The molecule has 0 radical (unpaired) electrons. The summed E-state index contributed by atoms with van der Waals surface area (Å²) in [6.07, 6.45) is 10.2. The molecule has 1 aliphatic heterocycles. The maximum atomic E-state index is 5.84. The molecule has 0 aromatic rings. The highest BCUT2D eigenvalue weighted by atomic mass is 127. The lowest BCUT2D eigenvalue weighted by molar-refractivity contribution is 0.0203. The molecule has 1 heterocycles. The van der Waals surface area contributed by atoms with Gasteiger partial charge in [0.15, 0.2) is 5.96 Å². The first-order valence-electron chi connectivity index (χ1n) is 11.0. The second kappa shape index (κ2) is 15.7. The van der Waals surface area contributed by atoms with Crippen LogP contribution in [0.3, 0.4) is 0 Å². The van der Waals surface area contributed by atoms with Gasteiger partial charge in [-0.3, -0.25) is 4.99 Å². The molecular weight excluding hydrogens is 467 g/mol. The van der Waals surface area contributed by atoms with E-state index < -0.39 is 0 Å². The van der Waals surface area contributed by atoms with E-state index in [0.717, 1.165) is 70.7 Å². The minimum Gasteiger partial charge on any atom is -0.381 e. The molecule has 1 saturated carbocycles. The number of ether oxygens (including phenoxy) is 2. The van der Waals surface area contributed by atoms with E-state index in [9.17, 15) is 0 Å². The molecular formula is C21H43IN4O2. The van der Waals surface area contributed by atoms with Crippen molar-refractivity contribution in [3.63, 3.8) is 0 Å². The quantitative estimate of drug-likeness (QED) is 0.205. The van der Waals surface area contributed by atoms with Crippen molar-refractivity contribution >= 4 is 29.9 Å². The lowest BCUT2D eigenvalue weighted by Crippen LogP contribution is -2.48. The number of likely N-dealkylation sites (N-methyl/N-ethyl adjacent to an activating group) is 1. The number of aliphatic imine (C=N–C) groups is 1. The Balaban J connectivity index is 0.00000392. The summed E-state index contributed by atoms with van der Waals surface area (Å²) in [6.45, 7) is 5.33. The summed E-state index contributed by atoms with van der Waals surface area (Å²) in [5.74, 6) is 2.39. The molecule has 1 aliphatic carbocycles. The largest absolute Gasteiger partial charge is 0.381 e. The minimum atomic E-state index is 0. The summed E-state index contributed by atoms with van der Waals surface area (Å²) >= 11 is 0. The van der Waals surface area contributed by atoms with Crippen LogP contribution in [-0.4, -0.2) is 77.6 Å². The molecule has 166 valence electrons. The molecule has 2 N–H and O–H groups in total. The molecule has 2 fully saturated rings. The first kappa shape index (κ1) is 25.9. The molecule has 1 atom stereocenters. The molecule has 1 unspecified atom stereocenters. The fourth-order valence-electron chi connectivity index (χ4n) is 4.26. The molecule has 0 bridgehead atoms. The van der Waals surface area contributed by atoms with E-state index in [2.05, 4.69) is 34.6 Å². The van der Waals surface area contributed by atoms with Gasteiger partial charge in [-0.05, 0) is 58.0 Å². The number of guanidine groups is 1. The van der Waals surface area contributed by atoms with Gasteiger partial charge in [0.2, 0.25) is 0 Å².